The molecular formula is C21H23FN2O2S. The number of hydrogen-bond donors (Lipinski definition) is 0. The minimum Gasteiger partial charge on any atom is -0.332 e. The van der Waals surface area contributed by atoms with E-state index in [1.54, 1.807) is 12.1 Å². The zero-order valence-corrected chi connectivity index (χ0v) is 16.3. The summed E-state index contributed by atoms with van der Waals surface area (Å²) in [5, 5.41) is 0. The Morgan fingerprint density at radius 3 is 2.56 bits per heavy atom. The topological polar surface area (TPSA) is 40.6 Å². The van der Waals surface area contributed by atoms with E-state index in [1.807, 2.05) is 35.2 Å². The molecule has 0 aromatic heterocycles. The lowest BCUT2D eigenvalue weighted by Gasteiger charge is -2.40. The molecule has 1 heterocycles. The molecule has 1 unspecified atom stereocenters. The molecule has 27 heavy (non-hydrogen) atoms. The van der Waals surface area contributed by atoms with E-state index in [0.29, 0.717) is 17.0 Å². The number of benzene rings is 2. The fourth-order valence-corrected chi connectivity index (χ4v) is 4.04. The predicted octanol–water partition coefficient (Wildman–Crippen LogP) is 3.64. The van der Waals surface area contributed by atoms with Crippen LogP contribution in [0.4, 0.5) is 4.39 Å². The van der Waals surface area contributed by atoms with Gasteiger partial charge in [-0.2, -0.15) is 0 Å². The monoisotopic (exact) mass is 386 g/mol. The maximum Gasteiger partial charge on any atom is 0.233 e. The van der Waals surface area contributed by atoms with Crippen molar-refractivity contribution in [2.24, 2.45) is 0 Å². The van der Waals surface area contributed by atoms with E-state index in [0.717, 1.165) is 18.7 Å². The molecule has 2 aromatic rings. The highest BCUT2D eigenvalue weighted by molar-refractivity contribution is 8.00. The van der Waals surface area contributed by atoms with Gasteiger partial charge < -0.3 is 9.80 Å². The summed E-state index contributed by atoms with van der Waals surface area (Å²) < 4.78 is 14.2. The molecule has 1 fully saturated rings. The van der Waals surface area contributed by atoms with Gasteiger partial charge in [-0.1, -0.05) is 36.4 Å². The van der Waals surface area contributed by atoms with Crippen LogP contribution in [0.15, 0.2) is 53.4 Å². The summed E-state index contributed by atoms with van der Waals surface area (Å²) in [4.78, 5) is 28.7. The number of ketones is 1. The van der Waals surface area contributed by atoms with Gasteiger partial charge in [-0.25, -0.2) is 4.39 Å². The van der Waals surface area contributed by atoms with Crippen LogP contribution in [-0.2, 0) is 4.79 Å². The van der Waals surface area contributed by atoms with Gasteiger partial charge in [0, 0.05) is 30.1 Å². The number of amides is 1. The summed E-state index contributed by atoms with van der Waals surface area (Å²) in [6.07, 6.45) is 0. The zero-order chi connectivity index (χ0) is 19.4. The lowest BCUT2D eigenvalue weighted by molar-refractivity contribution is -0.133. The molecule has 4 nitrogen and oxygen atoms in total. The summed E-state index contributed by atoms with van der Waals surface area (Å²) in [7, 11) is 2.05. The standard InChI is InChI=1S/C21H23FN2O2S/c1-15(25)17-8-9-20(18(22)12-17)27-14-21(26)24-11-10-23(2)13-19(24)16-6-4-3-5-7-16/h3-9,12,19H,10-11,13-14H2,1-2H3. The van der Waals surface area contributed by atoms with Crippen LogP contribution in [0.5, 0.6) is 0 Å². The molecule has 0 aliphatic carbocycles. The number of thioether (sulfide) groups is 1. The molecule has 0 saturated carbocycles. The van der Waals surface area contributed by atoms with Crippen molar-refractivity contribution < 1.29 is 14.0 Å². The molecule has 6 heteroatoms. The maximum absolute atomic E-state index is 14.2. The summed E-state index contributed by atoms with van der Waals surface area (Å²) in [5.74, 6) is -0.469. The van der Waals surface area contributed by atoms with Gasteiger partial charge in [0.2, 0.25) is 5.91 Å². The highest BCUT2D eigenvalue weighted by Crippen LogP contribution is 2.28. The van der Waals surface area contributed by atoms with Crippen molar-refractivity contribution >= 4 is 23.5 Å². The van der Waals surface area contributed by atoms with E-state index in [4.69, 9.17) is 0 Å². The number of nitrogens with zero attached hydrogens (tertiary/aromatic N) is 2. The number of piperazine rings is 1. The molecular weight excluding hydrogens is 363 g/mol. The van der Waals surface area contributed by atoms with E-state index < -0.39 is 5.82 Å². The molecule has 142 valence electrons. The van der Waals surface area contributed by atoms with E-state index in [9.17, 15) is 14.0 Å². The Hall–Kier alpha value is -2.18. The quantitative estimate of drug-likeness (QED) is 0.581. The summed E-state index contributed by atoms with van der Waals surface area (Å²) in [6.45, 7) is 3.66. The van der Waals surface area contributed by atoms with Crippen molar-refractivity contribution in [3.05, 3.63) is 65.5 Å². The molecule has 1 atom stereocenters. The molecule has 1 aliphatic heterocycles. The fraction of sp³-hybridized carbons (Fsp3) is 0.333. The Morgan fingerprint density at radius 2 is 1.89 bits per heavy atom. The van der Waals surface area contributed by atoms with Gasteiger partial charge in [0.05, 0.1) is 11.8 Å². The number of halogens is 1. The molecule has 0 spiro atoms. The van der Waals surface area contributed by atoms with Crippen molar-refractivity contribution in [2.75, 3.05) is 32.4 Å². The van der Waals surface area contributed by atoms with Crippen molar-refractivity contribution in [2.45, 2.75) is 17.9 Å². The Labute approximate surface area is 163 Å². The van der Waals surface area contributed by atoms with Gasteiger partial charge in [-0.3, -0.25) is 9.59 Å². The summed E-state index contributed by atoms with van der Waals surface area (Å²) >= 11 is 1.18. The minimum absolute atomic E-state index is 0.00276. The second kappa shape index (κ2) is 8.67. The van der Waals surface area contributed by atoms with Crippen LogP contribution in [0.2, 0.25) is 0 Å². The third kappa shape index (κ3) is 4.76. The largest absolute Gasteiger partial charge is 0.332 e. The normalized spacial score (nSPS) is 17.7. The first-order valence-corrected chi connectivity index (χ1v) is 9.90. The Balaban J connectivity index is 1.70. The van der Waals surface area contributed by atoms with E-state index in [2.05, 4.69) is 11.9 Å². The van der Waals surface area contributed by atoms with Crippen molar-refractivity contribution in [1.29, 1.82) is 0 Å². The van der Waals surface area contributed by atoms with Crippen LogP contribution in [0.1, 0.15) is 28.9 Å². The van der Waals surface area contributed by atoms with Gasteiger partial charge in [0.15, 0.2) is 5.78 Å². The van der Waals surface area contributed by atoms with E-state index in [-0.39, 0.29) is 23.5 Å². The van der Waals surface area contributed by atoms with Crippen LogP contribution in [-0.4, -0.2) is 53.9 Å². The molecule has 1 saturated heterocycles. The van der Waals surface area contributed by atoms with E-state index in [1.165, 1.54) is 24.8 Å². The summed E-state index contributed by atoms with van der Waals surface area (Å²) in [6, 6.07) is 14.4. The van der Waals surface area contributed by atoms with Crippen molar-refractivity contribution in [3.8, 4) is 0 Å². The first kappa shape index (κ1) is 19.6. The van der Waals surface area contributed by atoms with Crippen molar-refractivity contribution in [1.82, 2.24) is 9.80 Å². The highest BCUT2D eigenvalue weighted by Gasteiger charge is 2.30. The summed E-state index contributed by atoms with van der Waals surface area (Å²) in [5.41, 5.74) is 1.45. The fourth-order valence-electron chi connectivity index (χ4n) is 3.24. The molecule has 2 aromatic carbocycles. The Kier molecular flexibility index (Phi) is 6.29. The van der Waals surface area contributed by atoms with Gasteiger partial charge in [-0.05, 0) is 31.7 Å². The Bertz CT molecular complexity index is 828. The van der Waals surface area contributed by atoms with Crippen LogP contribution in [0, 0.1) is 5.82 Å². The lowest BCUT2D eigenvalue weighted by Crippen LogP contribution is -2.49. The lowest BCUT2D eigenvalue weighted by atomic mass is 10.0. The van der Waals surface area contributed by atoms with Gasteiger partial charge >= 0.3 is 0 Å². The van der Waals surface area contributed by atoms with Crippen LogP contribution in [0.3, 0.4) is 0 Å². The number of hydrogen-bond acceptors (Lipinski definition) is 4. The molecule has 0 N–H and O–H groups in total. The highest BCUT2D eigenvalue weighted by atomic mass is 32.2. The van der Waals surface area contributed by atoms with Gasteiger partial charge in [-0.15, -0.1) is 11.8 Å². The minimum atomic E-state index is -0.460. The molecule has 0 radical (unpaired) electrons. The first-order chi connectivity index (χ1) is 13.0. The van der Waals surface area contributed by atoms with Crippen molar-refractivity contribution in [3.63, 3.8) is 0 Å². The number of carbonyl (C=O) groups is 2. The molecule has 1 aliphatic rings. The number of rotatable bonds is 5. The predicted molar refractivity (Wildman–Crippen MR) is 106 cm³/mol. The maximum atomic E-state index is 14.2. The number of Topliss-reactive ketones (excluding diaryl/α,β-unsaturated/α-hetero) is 1. The van der Waals surface area contributed by atoms with Crippen LogP contribution >= 0.6 is 11.8 Å². The first-order valence-electron chi connectivity index (χ1n) is 8.92. The second-order valence-corrected chi connectivity index (χ2v) is 7.78. The van der Waals surface area contributed by atoms with Gasteiger partial charge in [0.25, 0.3) is 0 Å². The average molecular weight is 386 g/mol. The SMILES string of the molecule is CC(=O)c1ccc(SCC(=O)N2CCN(C)CC2c2ccccc2)c(F)c1. The average Bonchev–Trinajstić information content (AvgIpc) is 2.67. The third-order valence-corrected chi connectivity index (χ3v) is 5.81. The molecule has 1 amide bonds. The number of carbonyl (C=O) groups excluding carboxylic acids is 2. The van der Waals surface area contributed by atoms with Crippen LogP contribution in [0.25, 0.3) is 0 Å². The zero-order valence-electron chi connectivity index (χ0n) is 15.5. The molecule has 0 bridgehead atoms. The van der Waals surface area contributed by atoms with Crippen LogP contribution < -0.4 is 0 Å². The van der Waals surface area contributed by atoms with E-state index >= 15 is 0 Å². The smallest absolute Gasteiger partial charge is 0.233 e. The van der Waals surface area contributed by atoms with Gasteiger partial charge in [0.1, 0.15) is 5.82 Å². The third-order valence-electron chi connectivity index (χ3n) is 4.78. The Morgan fingerprint density at radius 1 is 1.15 bits per heavy atom. The number of likely N-dealkylation sites (N-methyl/N-ethyl adjacent to an activating group) is 1. The molecule has 3 rings (SSSR count). The second-order valence-electron chi connectivity index (χ2n) is 6.77.